The van der Waals surface area contributed by atoms with Gasteiger partial charge in [0.2, 0.25) is 0 Å². The first-order valence-electron chi connectivity index (χ1n) is 8.53. The van der Waals surface area contributed by atoms with Crippen LogP contribution in [0.3, 0.4) is 0 Å². The second-order valence-corrected chi connectivity index (χ2v) is 6.44. The number of phenols is 1. The normalized spacial score (nSPS) is 20.2. The van der Waals surface area contributed by atoms with Gasteiger partial charge in [-0.15, -0.1) is 0 Å². The van der Waals surface area contributed by atoms with Crippen LogP contribution in [-0.2, 0) is 4.79 Å². The number of carbonyl (C=O) groups excluding carboxylic acids is 1. The highest BCUT2D eigenvalue weighted by molar-refractivity contribution is 5.78. The summed E-state index contributed by atoms with van der Waals surface area (Å²) in [5.74, 6) is 1.77. The number of aromatic hydroxyl groups is 1. The molecule has 1 heterocycles. The molecule has 0 saturated carbocycles. The molecule has 2 aromatic carbocycles. The summed E-state index contributed by atoms with van der Waals surface area (Å²) in [7, 11) is 0. The van der Waals surface area contributed by atoms with Gasteiger partial charge in [0.25, 0.3) is 0 Å². The lowest BCUT2D eigenvalue weighted by Crippen LogP contribution is -2.27. The molecule has 3 atom stereocenters. The average molecular weight is 326 g/mol. The van der Waals surface area contributed by atoms with Crippen molar-refractivity contribution in [2.45, 2.75) is 46.0 Å². The lowest BCUT2D eigenvalue weighted by molar-refractivity contribution is -0.140. The Kier molecular flexibility index (Phi) is 6.02. The largest absolute Gasteiger partial charge is 0.508 e. The van der Waals surface area contributed by atoms with Crippen molar-refractivity contribution in [2.24, 2.45) is 5.92 Å². The summed E-state index contributed by atoms with van der Waals surface area (Å²) in [6, 6.07) is 15.1. The average Bonchev–Trinajstić information content (AvgIpc) is 2.60. The van der Waals surface area contributed by atoms with Gasteiger partial charge in [0.05, 0.1) is 5.92 Å². The Morgan fingerprint density at radius 1 is 1.04 bits per heavy atom. The molecule has 1 aliphatic heterocycles. The van der Waals surface area contributed by atoms with Crippen LogP contribution in [-0.4, -0.2) is 11.1 Å². The molecule has 0 spiro atoms. The van der Waals surface area contributed by atoms with Gasteiger partial charge in [-0.25, -0.2) is 0 Å². The third kappa shape index (κ3) is 4.16. The van der Waals surface area contributed by atoms with Crippen LogP contribution in [0.4, 0.5) is 0 Å². The van der Waals surface area contributed by atoms with Crippen LogP contribution in [0.2, 0.25) is 0 Å². The Morgan fingerprint density at radius 2 is 1.67 bits per heavy atom. The molecule has 128 valence electrons. The number of ether oxygens (including phenoxy) is 1. The van der Waals surface area contributed by atoms with Crippen molar-refractivity contribution >= 4 is 5.97 Å². The molecule has 0 radical (unpaired) electrons. The van der Waals surface area contributed by atoms with Crippen molar-refractivity contribution in [2.75, 3.05) is 0 Å². The minimum atomic E-state index is -0.119. The first kappa shape index (κ1) is 18.1. The maximum absolute atomic E-state index is 11.3. The van der Waals surface area contributed by atoms with Crippen LogP contribution < -0.4 is 4.74 Å². The molecule has 1 N–H and O–H groups in total. The minimum absolute atomic E-state index is 0.0325. The summed E-state index contributed by atoms with van der Waals surface area (Å²) in [4.78, 5) is 11.3. The van der Waals surface area contributed by atoms with Crippen molar-refractivity contribution < 1.29 is 14.6 Å². The predicted octanol–water partition coefficient (Wildman–Crippen LogP) is 5.25. The zero-order chi connectivity index (χ0) is 17.7. The van der Waals surface area contributed by atoms with Gasteiger partial charge in [-0.1, -0.05) is 58.0 Å². The number of hydrogen-bond donors (Lipinski definition) is 1. The quantitative estimate of drug-likeness (QED) is 0.605. The topological polar surface area (TPSA) is 46.5 Å². The van der Waals surface area contributed by atoms with E-state index in [-0.39, 0.29) is 17.8 Å². The van der Waals surface area contributed by atoms with Gasteiger partial charge < -0.3 is 9.84 Å². The second-order valence-electron chi connectivity index (χ2n) is 6.44. The third-order valence-electron chi connectivity index (χ3n) is 4.82. The van der Waals surface area contributed by atoms with Gasteiger partial charge in [-0.05, 0) is 47.6 Å². The number of rotatable bonds is 2. The highest BCUT2D eigenvalue weighted by atomic mass is 16.5. The third-order valence-corrected chi connectivity index (χ3v) is 4.82. The summed E-state index contributed by atoms with van der Waals surface area (Å²) in [5.41, 5.74) is 2.43. The van der Waals surface area contributed by atoms with Crippen LogP contribution in [0.5, 0.6) is 11.5 Å². The van der Waals surface area contributed by atoms with Gasteiger partial charge in [-0.2, -0.15) is 0 Å². The summed E-state index contributed by atoms with van der Waals surface area (Å²) in [6.07, 6.45) is 1.14. The molecule has 24 heavy (non-hydrogen) atoms. The molecule has 3 rings (SSSR count). The number of para-hydroxylation sites is 1. The molecule has 0 fully saturated rings. The van der Waals surface area contributed by atoms with Crippen LogP contribution in [0.15, 0.2) is 48.5 Å². The van der Waals surface area contributed by atoms with Crippen LogP contribution in [0.25, 0.3) is 0 Å². The standard InChI is InChI=1S/C11H12O2.C10H14O/c1-7-8(2)11(12)13-10-6-4-3-5-9(7)10;1-3-8(2)9-4-6-10(11)7-5-9/h3-8H,1-2H3;4-8,11H,3H2,1-2H3. The lowest BCUT2D eigenvalue weighted by atomic mass is 9.86. The molecule has 3 unspecified atom stereocenters. The van der Waals surface area contributed by atoms with E-state index in [0.717, 1.165) is 17.7 Å². The van der Waals surface area contributed by atoms with E-state index in [2.05, 4.69) is 20.8 Å². The minimum Gasteiger partial charge on any atom is -0.508 e. The number of benzene rings is 2. The second kappa shape index (κ2) is 8.00. The maximum Gasteiger partial charge on any atom is 0.314 e. The van der Waals surface area contributed by atoms with E-state index in [4.69, 9.17) is 9.84 Å². The molecular weight excluding hydrogens is 300 g/mol. The van der Waals surface area contributed by atoms with Crippen LogP contribution in [0, 0.1) is 5.92 Å². The summed E-state index contributed by atoms with van der Waals surface area (Å²) in [6.45, 7) is 8.32. The van der Waals surface area contributed by atoms with Crippen LogP contribution in [0.1, 0.15) is 57.1 Å². The molecule has 0 aromatic heterocycles. The molecule has 3 nitrogen and oxygen atoms in total. The fourth-order valence-electron chi connectivity index (χ4n) is 2.66. The van der Waals surface area contributed by atoms with E-state index in [9.17, 15) is 4.79 Å². The fraction of sp³-hybridized carbons (Fsp3) is 0.381. The molecular formula is C21H26O3. The first-order chi connectivity index (χ1) is 11.4. The highest BCUT2D eigenvalue weighted by Crippen LogP contribution is 2.36. The molecule has 0 saturated heterocycles. The fourth-order valence-corrected chi connectivity index (χ4v) is 2.66. The number of esters is 1. The summed E-state index contributed by atoms with van der Waals surface area (Å²) >= 11 is 0. The van der Waals surface area contributed by atoms with E-state index in [1.165, 1.54) is 5.56 Å². The number of hydrogen-bond acceptors (Lipinski definition) is 3. The first-order valence-corrected chi connectivity index (χ1v) is 8.53. The lowest BCUT2D eigenvalue weighted by Gasteiger charge is -2.26. The van der Waals surface area contributed by atoms with Gasteiger partial charge in [0.15, 0.2) is 0 Å². The van der Waals surface area contributed by atoms with E-state index in [1.807, 2.05) is 43.3 Å². The van der Waals surface area contributed by atoms with Gasteiger partial charge >= 0.3 is 5.97 Å². The zero-order valence-electron chi connectivity index (χ0n) is 14.8. The zero-order valence-corrected chi connectivity index (χ0v) is 14.8. The Labute approximate surface area is 144 Å². The molecule has 1 aliphatic rings. The monoisotopic (exact) mass is 326 g/mol. The Balaban J connectivity index is 0.000000177. The maximum atomic E-state index is 11.3. The molecule has 2 aromatic rings. The molecule has 0 bridgehead atoms. The Bertz CT molecular complexity index is 676. The Hall–Kier alpha value is -2.29. The van der Waals surface area contributed by atoms with Crippen molar-refractivity contribution in [1.82, 2.24) is 0 Å². The number of carbonyl (C=O) groups is 1. The van der Waals surface area contributed by atoms with E-state index >= 15 is 0 Å². The number of fused-ring (bicyclic) bond motifs is 1. The van der Waals surface area contributed by atoms with Crippen molar-refractivity contribution in [3.8, 4) is 11.5 Å². The molecule has 0 amide bonds. The Morgan fingerprint density at radius 3 is 2.29 bits per heavy atom. The summed E-state index contributed by atoms with van der Waals surface area (Å²) < 4.78 is 5.18. The SMILES string of the molecule is CC1C(=O)Oc2ccccc2C1C.CCC(C)c1ccc(O)cc1. The van der Waals surface area contributed by atoms with E-state index < -0.39 is 0 Å². The molecule has 0 aliphatic carbocycles. The van der Waals surface area contributed by atoms with E-state index in [1.54, 1.807) is 12.1 Å². The smallest absolute Gasteiger partial charge is 0.314 e. The van der Waals surface area contributed by atoms with Crippen molar-refractivity contribution in [1.29, 1.82) is 0 Å². The number of phenolic OH excluding ortho intramolecular Hbond substituents is 1. The highest BCUT2D eigenvalue weighted by Gasteiger charge is 2.30. The summed E-state index contributed by atoms with van der Waals surface area (Å²) in [5, 5.41) is 9.01. The molecule has 3 heteroatoms. The van der Waals surface area contributed by atoms with Gasteiger partial charge in [-0.3, -0.25) is 4.79 Å². The van der Waals surface area contributed by atoms with Crippen LogP contribution >= 0.6 is 0 Å². The predicted molar refractivity (Wildman–Crippen MR) is 96.5 cm³/mol. The van der Waals surface area contributed by atoms with Gasteiger partial charge in [0, 0.05) is 0 Å². The van der Waals surface area contributed by atoms with Gasteiger partial charge in [0.1, 0.15) is 11.5 Å². The van der Waals surface area contributed by atoms with Crippen molar-refractivity contribution in [3.63, 3.8) is 0 Å². The van der Waals surface area contributed by atoms with Crippen molar-refractivity contribution in [3.05, 3.63) is 59.7 Å². The van der Waals surface area contributed by atoms with E-state index in [0.29, 0.717) is 11.7 Å².